The van der Waals surface area contributed by atoms with Gasteiger partial charge in [0.2, 0.25) is 5.91 Å². The smallest absolute Gasteiger partial charge is 0.411 e. The van der Waals surface area contributed by atoms with E-state index >= 15 is 0 Å². The molecule has 2 aliphatic rings. The molecule has 1 N–H and O–H groups in total. The Bertz CT molecular complexity index is 1240. The van der Waals surface area contributed by atoms with Gasteiger partial charge in [-0.1, -0.05) is 42.5 Å². The minimum Gasteiger partial charge on any atom is -0.438 e. The third kappa shape index (κ3) is 4.98. The third-order valence-corrected chi connectivity index (χ3v) is 7.37. The van der Waals surface area contributed by atoms with Crippen molar-refractivity contribution in [3.05, 3.63) is 87.6 Å². The molecule has 1 aromatic heterocycles. The van der Waals surface area contributed by atoms with Crippen LogP contribution in [-0.4, -0.2) is 60.1 Å². The Balaban J connectivity index is 1.40. The van der Waals surface area contributed by atoms with Gasteiger partial charge in [-0.3, -0.25) is 14.5 Å². The van der Waals surface area contributed by atoms with Crippen molar-refractivity contribution < 1.29 is 23.9 Å². The number of amides is 3. The topological polar surface area (TPSA) is 88.2 Å². The van der Waals surface area contributed by atoms with Gasteiger partial charge in [-0.05, 0) is 47.2 Å². The molecule has 9 heteroatoms. The Hall–Kier alpha value is -3.69. The van der Waals surface area contributed by atoms with E-state index in [0.29, 0.717) is 42.4 Å². The number of anilines is 1. The molecule has 3 aromatic rings. The Morgan fingerprint density at radius 2 is 1.78 bits per heavy atom. The van der Waals surface area contributed by atoms with Crippen molar-refractivity contribution in [2.24, 2.45) is 0 Å². The fourth-order valence-electron chi connectivity index (χ4n) is 4.49. The molecule has 0 unspecified atom stereocenters. The highest BCUT2D eigenvalue weighted by molar-refractivity contribution is 7.12. The van der Waals surface area contributed by atoms with Crippen LogP contribution in [0.15, 0.2) is 66.0 Å². The molecule has 2 aliphatic heterocycles. The Labute approximate surface area is 213 Å². The van der Waals surface area contributed by atoms with E-state index in [0.717, 1.165) is 11.1 Å². The van der Waals surface area contributed by atoms with Crippen molar-refractivity contribution in [3.63, 3.8) is 0 Å². The van der Waals surface area contributed by atoms with E-state index in [-0.39, 0.29) is 18.4 Å². The number of hydrogen-bond donors (Lipinski definition) is 1. The van der Waals surface area contributed by atoms with Gasteiger partial charge in [-0.25, -0.2) is 4.79 Å². The molecule has 0 spiro atoms. The van der Waals surface area contributed by atoms with E-state index in [9.17, 15) is 14.4 Å². The third-order valence-electron chi connectivity index (χ3n) is 6.50. The molecule has 2 saturated heterocycles. The summed E-state index contributed by atoms with van der Waals surface area (Å²) in [4.78, 5) is 43.0. The van der Waals surface area contributed by atoms with Crippen LogP contribution in [0, 0.1) is 6.92 Å². The number of thiophene rings is 1. The first-order valence-electron chi connectivity index (χ1n) is 11.8. The van der Waals surface area contributed by atoms with E-state index in [1.165, 1.54) is 16.2 Å². The van der Waals surface area contributed by atoms with Crippen LogP contribution >= 0.6 is 11.3 Å². The van der Waals surface area contributed by atoms with Crippen LogP contribution in [0.3, 0.4) is 0 Å². The molecule has 2 aromatic carbocycles. The second kappa shape index (κ2) is 10.5. The highest BCUT2D eigenvalue weighted by Gasteiger charge is 2.48. The van der Waals surface area contributed by atoms with E-state index < -0.39 is 18.2 Å². The molecule has 3 heterocycles. The summed E-state index contributed by atoms with van der Waals surface area (Å²) < 4.78 is 11.2. The van der Waals surface area contributed by atoms with Crippen molar-refractivity contribution >= 4 is 34.9 Å². The maximum atomic E-state index is 13.7. The van der Waals surface area contributed by atoms with Crippen molar-refractivity contribution in [2.75, 3.05) is 31.6 Å². The molecular weight excluding hydrogens is 478 g/mol. The molecular formula is C27H27N3O5S. The quantitative estimate of drug-likeness (QED) is 0.542. The number of benzene rings is 2. The molecule has 0 aliphatic carbocycles. The summed E-state index contributed by atoms with van der Waals surface area (Å²) in [5.41, 5.74) is 3.31. The summed E-state index contributed by atoms with van der Waals surface area (Å²) in [6, 6.07) is 17.7. The second-order valence-corrected chi connectivity index (χ2v) is 9.74. The Kier molecular flexibility index (Phi) is 7.02. The number of morpholine rings is 1. The number of rotatable bonds is 6. The molecule has 5 rings (SSSR count). The number of ether oxygens (including phenoxy) is 2. The van der Waals surface area contributed by atoms with Gasteiger partial charge in [0.1, 0.15) is 0 Å². The fraction of sp³-hybridized carbons (Fsp3) is 0.296. The summed E-state index contributed by atoms with van der Waals surface area (Å²) in [7, 11) is 0. The lowest BCUT2D eigenvalue weighted by molar-refractivity contribution is -0.141. The van der Waals surface area contributed by atoms with Gasteiger partial charge in [0, 0.05) is 18.8 Å². The Morgan fingerprint density at radius 3 is 2.47 bits per heavy atom. The maximum absolute atomic E-state index is 13.7. The minimum absolute atomic E-state index is 0.155. The molecule has 8 nitrogen and oxygen atoms in total. The van der Waals surface area contributed by atoms with Gasteiger partial charge < -0.3 is 19.7 Å². The minimum atomic E-state index is -0.804. The zero-order chi connectivity index (χ0) is 25.1. The van der Waals surface area contributed by atoms with Crippen molar-refractivity contribution in [2.45, 2.75) is 25.6 Å². The first kappa shape index (κ1) is 24.0. The first-order valence-corrected chi connectivity index (χ1v) is 12.7. The monoisotopic (exact) mass is 505 g/mol. The molecule has 0 saturated carbocycles. The van der Waals surface area contributed by atoms with Crippen LogP contribution in [0.1, 0.15) is 32.5 Å². The van der Waals surface area contributed by atoms with E-state index in [1.807, 2.05) is 42.6 Å². The molecule has 0 bridgehead atoms. The zero-order valence-electron chi connectivity index (χ0n) is 19.9. The Morgan fingerprint density at radius 1 is 1.03 bits per heavy atom. The number of hydrogen-bond acceptors (Lipinski definition) is 6. The predicted molar refractivity (Wildman–Crippen MR) is 136 cm³/mol. The zero-order valence-corrected chi connectivity index (χ0v) is 20.7. The fourth-order valence-corrected chi connectivity index (χ4v) is 5.11. The highest BCUT2D eigenvalue weighted by atomic mass is 32.1. The average Bonchev–Trinajstić information content (AvgIpc) is 3.55. The number of cyclic esters (lactones) is 1. The molecule has 0 radical (unpaired) electrons. The number of carbonyl (C=O) groups excluding carboxylic acids is 3. The standard InChI is InChI=1S/C27H27N3O5S/c1-18-5-2-3-6-20(18)17-30-23(26(32)29-12-14-34-15-13-29)24(35-27(30)33)19-8-10-21(11-9-19)28-25(31)22-7-4-16-36-22/h2-11,16,23-24H,12-15,17H2,1H3,(H,28,31)/t23-,24-/m0/s1. The summed E-state index contributed by atoms with van der Waals surface area (Å²) in [6.45, 7) is 4.14. The lowest BCUT2D eigenvalue weighted by Gasteiger charge is -2.33. The van der Waals surface area contributed by atoms with Crippen LogP contribution in [0.4, 0.5) is 10.5 Å². The molecule has 186 valence electrons. The van der Waals surface area contributed by atoms with Crippen LogP contribution in [0.25, 0.3) is 0 Å². The van der Waals surface area contributed by atoms with E-state index in [4.69, 9.17) is 9.47 Å². The van der Waals surface area contributed by atoms with Gasteiger partial charge in [-0.15, -0.1) is 11.3 Å². The van der Waals surface area contributed by atoms with Crippen molar-refractivity contribution in [3.8, 4) is 0 Å². The SMILES string of the molecule is Cc1ccccc1CN1C(=O)O[C@@H](c2ccc(NC(=O)c3cccs3)cc2)[C@H]1C(=O)N1CCOCC1. The molecule has 2 atom stereocenters. The van der Waals surface area contributed by atoms with E-state index in [2.05, 4.69) is 5.32 Å². The largest absolute Gasteiger partial charge is 0.438 e. The summed E-state index contributed by atoms with van der Waals surface area (Å²) in [5.74, 6) is -0.340. The number of aryl methyl sites for hydroxylation is 1. The van der Waals surface area contributed by atoms with Crippen LogP contribution in [-0.2, 0) is 20.8 Å². The van der Waals surface area contributed by atoms with Crippen LogP contribution < -0.4 is 5.32 Å². The second-order valence-electron chi connectivity index (χ2n) is 8.79. The van der Waals surface area contributed by atoms with Gasteiger partial charge in [-0.2, -0.15) is 0 Å². The van der Waals surface area contributed by atoms with Gasteiger partial charge in [0.05, 0.1) is 24.6 Å². The van der Waals surface area contributed by atoms with Gasteiger partial charge >= 0.3 is 6.09 Å². The lowest BCUT2D eigenvalue weighted by Crippen LogP contribution is -2.51. The number of nitrogens with one attached hydrogen (secondary N) is 1. The number of nitrogens with zero attached hydrogens (tertiary/aromatic N) is 2. The first-order chi connectivity index (χ1) is 17.5. The molecule has 36 heavy (non-hydrogen) atoms. The van der Waals surface area contributed by atoms with Crippen LogP contribution in [0.5, 0.6) is 0 Å². The molecule has 3 amide bonds. The lowest BCUT2D eigenvalue weighted by atomic mass is 9.99. The van der Waals surface area contributed by atoms with Crippen LogP contribution in [0.2, 0.25) is 0 Å². The van der Waals surface area contributed by atoms with E-state index in [1.54, 1.807) is 35.2 Å². The predicted octanol–water partition coefficient (Wildman–Crippen LogP) is 4.23. The van der Waals surface area contributed by atoms with Gasteiger partial charge in [0.25, 0.3) is 5.91 Å². The normalized spacial score (nSPS) is 19.8. The van der Waals surface area contributed by atoms with Crippen molar-refractivity contribution in [1.29, 1.82) is 0 Å². The van der Waals surface area contributed by atoms with Crippen molar-refractivity contribution in [1.82, 2.24) is 9.80 Å². The number of carbonyl (C=O) groups is 3. The summed E-state index contributed by atoms with van der Waals surface area (Å²) >= 11 is 1.37. The molecule has 2 fully saturated rings. The maximum Gasteiger partial charge on any atom is 0.411 e. The van der Waals surface area contributed by atoms with Gasteiger partial charge in [0.15, 0.2) is 12.1 Å². The average molecular weight is 506 g/mol. The summed E-state index contributed by atoms with van der Waals surface area (Å²) in [5, 5.41) is 4.72. The summed E-state index contributed by atoms with van der Waals surface area (Å²) in [6.07, 6.45) is -1.29. The highest BCUT2D eigenvalue weighted by Crippen LogP contribution is 2.36.